The van der Waals surface area contributed by atoms with Gasteiger partial charge in [-0.05, 0) is 29.8 Å². The highest BCUT2D eigenvalue weighted by Crippen LogP contribution is 2.19. The van der Waals surface area contributed by atoms with Crippen LogP contribution in [0.4, 0.5) is 16.2 Å². The highest BCUT2D eigenvalue weighted by Gasteiger charge is 2.10. The Hall–Kier alpha value is -2.14. The molecule has 0 radical (unpaired) electrons. The zero-order chi connectivity index (χ0) is 15.9. The first-order chi connectivity index (χ1) is 11.3. The summed E-state index contributed by atoms with van der Waals surface area (Å²) in [5, 5.41) is 5.69. The number of amides is 2. The van der Waals surface area contributed by atoms with Crippen LogP contribution in [0.5, 0.6) is 0 Å². The lowest BCUT2D eigenvalue weighted by Crippen LogP contribution is -2.32. The van der Waals surface area contributed by atoms with E-state index in [4.69, 9.17) is 0 Å². The van der Waals surface area contributed by atoms with Crippen molar-refractivity contribution in [2.45, 2.75) is 6.54 Å². The molecule has 2 N–H and O–H groups in total. The minimum atomic E-state index is -0.187. The van der Waals surface area contributed by atoms with Gasteiger partial charge in [-0.15, -0.1) is 0 Å². The molecule has 0 aromatic heterocycles. The molecule has 0 bridgehead atoms. The van der Waals surface area contributed by atoms with Gasteiger partial charge in [0.05, 0.1) is 0 Å². The van der Waals surface area contributed by atoms with Crippen LogP contribution >= 0.6 is 11.8 Å². The van der Waals surface area contributed by atoms with Crippen LogP contribution in [0.25, 0.3) is 0 Å². The van der Waals surface area contributed by atoms with Crippen LogP contribution in [0.15, 0.2) is 54.6 Å². The third-order valence-corrected chi connectivity index (χ3v) is 4.74. The second kappa shape index (κ2) is 7.92. The molecule has 2 amide bonds. The molecule has 23 heavy (non-hydrogen) atoms. The third kappa shape index (κ3) is 4.66. The number of urea groups is 1. The number of hydrogen-bond acceptors (Lipinski definition) is 3. The molecule has 120 valence electrons. The van der Waals surface area contributed by atoms with Crippen LogP contribution in [0, 0.1) is 0 Å². The van der Waals surface area contributed by atoms with E-state index in [1.807, 2.05) is 42.1 Å². The summed E-state index contributed by atoms with van der Waals surface area (Å²) in [5.41, 5.74) is 3.16. The Balaban J connectivity index is 1.49. The number of rotatable bonds is 4. The SMILES string of the molecule is O=C(NCc1ccc(N2CCSCC2)cc1)Nc1ccccc1. The summed E-state index contributed by atoms with van der Waals surface area (Å²) in [6, 6.07) is 17.7. The highest BCUT2D eigenvalue weighted by molar-refractivity contribution is 7.99. The van der Waals surface area contributed by atoms with Gasteiger partial charge in [-0.2, -0.15) is 11.8 Å². The van der Waals surface area contributed by atoms with E-state index in [-0.39, 0.29) is 6.03 Å². The van der Waals surface area contributed by atoms with Crippen molar-refractivity contribution >= 4 is 29.2 Å². The molecule has 1 heterocycles. The Morgan fingerprint density at radius 2 is 1.70 bits per heavy atom. The molecule has 1 aliphatic heterocycles. The van der Waals surface area contributed by atoms with Crippen LogP contribution in [-0.4, -0.2) is 30.6 Å². The Bertz CT molecular complexity index is 624. The van der Waals surface area contributed by atoms with E-state index in [9.17, 15) is 4.79 Å². The van der Waals surface area contributed by atoms with Crippen molar-refractivity contribution in [3.63, 3.8) is 0 Å². The molecule has 5 heteroatoms. The molecule has 0 atom stereocenters. The lowest BCUT2D eigenvalue weighted by Gasteiger charge is -2.28. The molecule has 0 saturated carbocycles. The average molecular weight is 327 g/mol. The summed E-state index contributed by atoms with van der Waals surface area (Å²) in [5.74, 6) is 2.39. The van der Waals surface area contributed by atoms with Crippen molar-refractivity contribution in [1.29, 1.82) is 0 Å². The first-order valence-corrected chi connectivity index (χ1v) is 8.98. The van der Waals surface area contributed by atoms with Gasteiger partial charge in [0, 0.05) is 42.5 Å². The Labute approximate surface area is 141 Å². The molecule has 4 nitrogen and oxygen atoms in total. The minimum absolute atomic E-state index is 0.187. The molecule has 1 aliphatic rings. The van der Waals surface area contributed by atoms with Gasteiger partial charge < -0.3 is 15.5 Å². The van der Waals surface area contributed by atoms with Crippen molar-refractivity contribution in [1.82, 2.24) is 5.32 Å². The number of nitrogens with zero attached hydrogens (tertiary/aromatic N) is 1. The summed E-state index contributed by atoms with van der Waals surface area (Å²) in [7, 11) is 0. The summed E-state index contributed by atoms with van der Waals surface area (Å²) in [4.78, 5) is 14.3. The van der Waals surface area contributed by atoms with Gasteiger partial charge in [-0.3, -0.25) is 0 Å². The van der Waals surface area contributed by atoms with E-state index in [0.717, 1.165) is 24.3 Å². The van der Waals surface area contributed by atoms with E-state index in [0.29, 0.717) is 6.54 Å². The maximum atomic E-state index is 11.9. The largest absolute Gasteiger partial charge is 0.370 e. The van der Waals surface area contributed by atoms with E-state index < -0.39 is 0 Å². The number of nitrogens with one attached hydrogen (secondary N) is 2. The van der Waals surface area contributed by atoms with Gasteiger partial charge in [-0.25, -0.2) is 4.79 Å². The van der Waals surface area contributed by atoms with Gasteiger partial charge in [0.2, 0.25) is 0 Å². The Morgan fingerprint density at radius 3 is 2.39 bits per heavy atom. The molecule has 1 saturated heterocycles. The predicted octanol–water partition coefficient (Wildman–Crippen LogP) is 3.56. The summed E-state index contributed by atoms with van der Waals surface area (Å²) < 4.78 is 0. The van der Waals surface area contributed by atoms with Crippen molar-refractivity contribution < 1.29 is 4.79 Å². The quantitative estimate of drug-likeness (QED) is 0.902. The van der Waals surface area contributed by atoms with E-state index in [1.54, 1.807) is 0 Å². The van der Waals surface area contributed by atoms with E-state index in [2.05, 4.69) is 39.8 Å². The lowest BCUT2D eigenvalue weighted by atomic mass is 10.2. The smallest absolute Gasteiger partial charge is 0.319 e. The molecule has 0 unspecified atom stereocenters. The molecule has 1 fully saturated rings. The normalized spacial score (nSPS) is 14.3. The molecular weight excluding hydrogens is 306 g/mol. The number of carbonyl (C=O) groups excluding carboxylic acids is 1. The van der Waals surface area contributed by atoms with Crippen molar-refractivity contribution in [2.24, 2.45) is 0 Å². The molecule has 0 spiro atoms. The fourth-order valence-corrected chi connectivity index (χ4v) is 3.43. The maximum Gasteiger partial charge on any atom is 0.319 e. The molecular formula is C18H21N3OS. The number of benzene rings is 2. The topological polar surface area (TPSA) is 44.4 Å². The lowest BCUT2D eigenvalue weighted by molar-refractivity contribution is 0.251. The van der Waals surface area contributed by atoms with Crippen LogP contribution < -0.4 is 15.5 Å². The second-order valence-electron chi connectivity index (χ2n) is 5.44. The fraction of sp³-hybridized carbons (Fsp3) is 0.278. The van der Waals surface area contributed by atoms with Crippen molar-refractivity contribution in [3.8, 4) is 0 Å². The summed E-state index contributed by atoms with van der Waals surface area (Å²) in [6.07, 6.45) is 0. The number of hydrogen-bond donors (Lipinski definition) is 2. The van der Waals surface area contributed by atoms with Crippen LogP contribution in [0.2, 0.25) is 0 Å². The van der Waals surface area contributed by atoms with Gasteiger partial charge in [0.15, 0.2) is 0 Å². The molecule has 2 aromatic carbocycles. The van der Waals surface area contributed by atoms with Crippen LogP contribution in [0.3, 0.4) is 0 Å². The molecule has 2 aromatic rings. The van der Waals surface area contributed by atoms with Gasteiger partial charge in [-0.1, -0.05) is 30.3 Å². The fourth-order valence-electron chi connectivity index (χ4n) is 2.53. The summed E-state index contributed by atoms with van der Waals surface area (Å²) in [6.45, 7) is 2.75. The molecule has 0 aliphatic carbocycles. The third-order valence-electron chi connectivity index (χ3n) is 3.80. The van der Waals surface area contributed by atoms with E-state index >= 15 is 0 Å². The van der Waals surface area contributed by atoms with Crippen LogP contribution in [0.1, 0.15) is 5.56 Å². The second-order valence-corrected chi connectivity index (χ2v) is 6.66. The van der Waals surface area contributed by atoms with Gasteiger partial charge >= 0.3 is 6.03 Å². The predicted molar refractivity (Wildman–Crippen MR) is 98.3 cm³/mol. The number of para-hydroxylation sites is 1. The number of anilines is 2. The van der Waals surface area contributed by atoms with E-state index in [1.165, 1.54) is 17.2 Å². The van der Waals surface area contributed by atoms with Gasteiger partial charge in [0.25, 0.3) is 0 Å². The van der Waals surface area contributed by atoms with Crippen molar-refractivity contribution in [3.05, 3.63) is 60.2 Å². The standard InChI is InChI=1S/C18H21N3OS/c22-18(20-16-4-2-1-3-5-16)19-14-15-6-8-17(9-7-15)21-10-12-23-13-11-21/h1-9H,10-14H2,(H2,19,20,22). The summed E-state index contributed by atoms with van der Waals surface area (Å²) >= 11 is 2.01. The maximum absolute atomic E-state index is 11.9. The van der Waals surface area contributed by atoms with Crippen molar-refractivity contribution in [2.75, 3.05) is 34.8 Å². The first kappa shape index (κ1) is 15.7. The van der Waals surface area contributed by atoms with Gasteiger partial charge in [0.1, 0.15) is 0 Å². The average Bonchev–Trinajstić information content (AvgIpc) is 2.62. The zero-order valence-corrected chi connectivity index (χ0v) is 13.8. The number of thioether (sulfide) groups is 1. The molecule has 3 rings (SSSR count). The highest BCUT2D eigenvalue weighted by atomic mass is 32.2. The monoisotopic (exact) mass is 327 g/mol. The van der Waals surface area contributed by atoms with Crippen LogP contribution in [-0.2, 0) is 6.54 Å². The zero-order valence-electron chi connectivity index (χ0n) is 13.0. The number of carbonyl (C=O) groups is 1. The Kier molecular flexibility index (Phi) is 5.42. The minimum Gasteiger partial charge on any atom is -0.370 e. The first-order valence-electron chi connectivity index (χ1n) is 7.83. The Morgan fingerprint density at radius 1 is 1.00 bits per heavy atom.